The van der Waals surface area contributed by atoms with Crippen LogP contribution in [0.1, 0.15) is 15.9 Å². The maximum absolute atomic E-state index is 13.5. The molecule has 4 rings (SSSR count). The molecule has 0 aliphatic heterocycles. The van der Waals surface area contributed by atoms with E-state index in [4.69, 9.17) is 4.42 Å². The van der Waals surface area contributed by atoms with E-state index in [1.54, 1.807) is 43.9 Å². The first-order valence-corrected chi connectivity index (χ1v) is 11.5. The molecule has 0 radical (unpaired) electrons. The zero-order valence-corrected chi connectivity index (χ0v) is 19.8. The lowest BCUT2D eigenvalue weighted by Gasteiger charge is -2.20. The molecule has 2 aromatic heterocycles. The van der Waals surface area contributed by atoms with Gasteiger partial charge in [0, 0.05) is 67.3 Å². The summed E-state index contributed by atoms with van der Waals surface area (Å²) < 4.78 is 23.2. The molecule has 2 aromatic carbocycles. The first kappa shape index (κ1) is 22.7. The van der Waals surface area contributed by atoms with Crippen molar-refractivity contribution in [3.63, 3.8) is 0 Å². The van der Waals surface area contributed by atoms with Crippen LogP contribution in [-0.4, -0.2) is 30.8 Å². The zero-order valence-electron chi connectivity index (χ0n) is 19.0. The first-order chi connectivity index (χ1) is 15.7. The number of nitrogens with one attached hydrogen (secondary N) is 1. The summed E-state index contributed by atoms with van der Waals surface area (Å²) in [5.74, 6) is -0.301. The van der Waals surface area contributed by atoms with E-state index in [1.807, 2.05) is 35.8 Å². The lowest BCUT2D eigenvalue weighted by atomic mass is 9.98. The number of amides is 1. The van der Waals surface area contributed by atoms with Crippen LogP contribution in [0, 0.1) is 12.7 Å². The average molecular weight is 466 g/mol. The molecule has 0 spiro atoms. The van der Waals surface area contributed by atoms with Gasteiger partial charge in [-0.25, -0.2) is 4.39 Å². The van der Waals surface area contributed by atoms with E-state index >= 15 is 0 Å². The molecule has 6 nitrogen and oxygen atoms in total. The van der Waals surface area contributed by atoms with Gasteiger partial charge in [-0.05, 0) is 43.3 Å². The first-order valence-electron chi connectivity index (χ1n) is 10.3. The third-order valence-corrected chi connectivity index (χ3v) is 6.40. The topological polar surface area (TPSA) is 67.5 Å². The molecule has 0 fully saturated rings. The van der Waals surface area contributed by atoms with Gasteiger partial charge in [-0.1, -0.05) is 11.9 Å². The Labute approximate surface area is 195 Å². The Balaban J connectivity index is 2.07. The molecule has 0 aliphatic carbocycles. The fourth-order valence-corrected chi connectivity index (χ4v) is 4.25. The van der Waals surface area contributed by atoms with Crippen LogP contribution in [0.3, 0.4) is 0 Å². The molecule has 0 aliphatic rings. The highest BCUT2D eigenvalue weighted by Gasteiger charge is 2.24. The highest BCUT2D eigenvalue weighted by molar-refractivity contribution is 7.99. The Kier molecular flexibility index (Phi) is 6.03. The number of nitrogens with zero attached hydrogens (tertiary/aromatic N) is 2. The minimum Gasteiger partial charge on any atom is -0.455 e. The second kappa shape index (κ2) is 8.78. The van der Waals surface area contributed by atoms with Gasteiger partial charge in [0.2, 0.25) is 0 Å². The number of anilines is 1. The molecule has 33 heavy (non-hydrogen) atoms. The Hall–Kier alpha value is -3.52. The number of carbonyl (C=O) groups excluding carboxylic acids is 1. The number of benzene rings is 2. The third kappa shape index (κ3) is 4.02. The van der Waals surface area contributed by atoms with E-state index in [0.29, 0.717) is 33.4 Å². The summed E-state index contributed by atoms with van der Waals surface area (Å²) >= 11 is 1.53. The SMILES string of the molecule is CNC(=O)c1c(-c2ccc(F)cc2)oc2cc(N(C)SC)c(-c3cc(C)c(=O)n(C)c3)cc12. The largest absolute Gasteiger partial charge is 0.455 e. The van der Waals surface area contributed by atoms with Gasteiger partial charge in [-0.15, -0.1) is 0 Å². The van der Waals surface area contributed by atoms with Crippen molar-refractivity contribution >= 4 is 34.5 Å². The number of halogens is 1. The Bertz CT molecular complexity index is 1400. The second-order valence-electron chi connectivity index (χ2n) is 7.77. The van der Waals surface area contributed by atoms with Gasteiger partial charge in [0.25, 0.3) is 11.5 Å². The fraction of sp³-hybridized carbons (Fsp3) is 0.200. The number of rotatable bonds is 5. The molecule has 0 atom stereocenters. The van der Waals surface area contributed by atoms with Gasteiger partial charge in [-0.2, -0.15) is 0 Å². The molecule has 0 bridgehead atoms. The highest BCUT2D eigenvalue weighted by atomic mass is 32.2. The van der Waals surface area contributed by atoms with Crippen LogP contribution < -0.4 is 15.2 Å². The van der Waals surface area contributed by atoms with Gasteiger partial charge in [-0.3, -0.25) is 9.59 Å². The van der Waals surface area contributed by atoms with Gasteiger partial charge < -0.3 is 18.6 Å². The van der Waals surface area contributed by atoms with E-state index in [0.717, 1.165) is 16.8 Å². The van der Waals surface area contributed by atoms with Gasteiger partial charge in [0.05, 0.1) is 11.3 Å². The van der Waals surface area contributed by atoms with Crippen molar-refractivity contribution < 1.29 is 13.6 Å². The normalized spacial score (nSPS) is 11.1. The molecule has 0 saturated heterocycles. The maximum Gasteiger partial charge on any atom is 0.255 e. The minimum absolute atomic E-state index is 0.0624. The number of hydrogen-bond acceptors (Lipinski definition) is 5. The van der Waals surface area contributed by atoms with Crippen molar-refractivity contribution in [1.29, 1.82) is 0 Å². The van der Waals surface area contributed by atoms with E-state index in [-0.39, 0.29) is 17.3 Å². The monoisotopic (exact) mass is 465 g/mol. The summed E-state index contributed by atoms with van der Waals surface area (Å²) in [6, 6.07) is 11.5. The number of carbonyl (C=O) groups is 1. The molecule has 2 heterocycles. The molecule has 0 unspecified atom stereocenters. The van der Waals surface area contributed by atoms with Crippen LogP contribution >= 0.6 is 11.9 Å². The van der Waals surface area contributed by atoms with Crippen molar-refractivity contribution in [2.75, 3.05) is 24.7 Å². The van der Waals surface area contributed by atoms with Crippen molar-refractivity contribution in [2.24, 2.45) is 7.05 Å². The molecule has 8 heteroatoms. The lowest BCUT2D eigenvalue weighted by molar-refractivity contribution is 0.0964. The molecular formula is C25H24FN3O3S. The summed E-state index contributed by atoms with van der Waals surface area (Å²) in [6.07, 6.45) is 3.75. The number of aromatic nitrogens is 1. The summed E-state index contributed by atoms with van der Waals surface area (Å²) in [6.45, 7) is 1.78. The lowest BCUT2D eigenvalue weighted by Crippen LogP contribution is -2.19. The molecular weight excluding hydrogens is 441 g/mol. The van der Waals surface area contributed by atoms with Crippen LogP contribution in [0.5, 0.6) is 0 Å². The van der Waals surface area contributed by atoms with Crippen molar-refractivity contribution in [1.82, 2.24) is 9.88 Å². The average Bonchev–Trinajstić information content (AvgIpc) is 3.19. The predicted octanol–water partition coefficient (Wildman–Crippen LogP) is 4.99. The highest BCUT2D eigenvalue weighted by Crippen LogP contribution is 2.41. The van der Waals surface area contributed by atoms with E-state index in [9.17, 15) is 14.0 Å². The number of hydrogen-bond donors (Lipinski definition) is 1. The quantitative estimate of drug-likeness (QED) is 0.421. The van der Waals surface area contributed by atoms with Crippen LogP contribution in [0.4, 0.5) is 10.1 Å². The smallest absolute Gasteiger partial charge is 0.255 e. The van der Waals surface area contributed by atoms with Crippen molar-refractivity contribution in [3.05, 3.63) is 76.0 Å². The maximum atomic E-state index is 13.5. The van der Waals surface area contributed by atoms with E-state index in [1.165, 1.54) is 24.1 Å². The molecule has 1 amide bonds. The summed E-state index contributed by atoms with van der Waals surface area (Å²) in [5.41, 5.74) is 4.65. The molecule has 0 saturated carbocycles. The second-order valence-corrected chi connectivity index (χ2v) is 8.68. The standard InChI is InChI=1S/C25H24FN3O3S/c1-14-10-16(13-28(3)25(14)31)18-11-19-21(12-20(18)29(4)33-5)32-23(22(19)24(30)27-2)15-6-8-17(26)9-7-15/h6-13H,1-5H3,(H,27,30). The Morgan fingerprint density at radius 1 is 1.15 bits per heavy atom. The Morgan fingerprint density at radius 3 is 2.45 bits per heavy atom. The van der Waals surface area contributed by atoms with Crippen LogP contribution in [0.25, 0.3) is 33.4 Å². The van der Waals surface area contributed by atoms with Crippen LogP contribution in [0.2, 0.25) is 0 Å². The molecule has 4 aromatic rings. The third-order valence-electron chi connectivity index (χ3n) is 5.65. The number of furan rings is 1. The van der Waals surface area contributed by atoms with Gasteiger partial charge >= 0.3 is 0 Å². The summed E-state index contributed by atoms with van der Waals surface area (Å²) in [5, 5.41) is 3.31. The number of aryl methyl sites for hydroxylation is 2. The Morgan fingerprint density at radius 2 is 1.85 bits per heavy atom. The van der Waals surface area contributed by atoms with Crippen molar-refractivity contribution in [2.45, 2.75) is 6.92 Å². The number of fused-ring (bicyclic) bond motifs is 1. The zero-order chi connectivity index (χ0) is 23.9. The summed E-state index contributed by atoms with van der Waals surface area (Å²) in [4.78, 5) is 25.2. The number of pyridine rings is 1. The van der Waals surface area contributed by atoms with Crippen LogP contribution in [0.15, 0.2) is 57.9 Å². The van der Waals surface area contributed by atoms with Gasteiger partial charge in [0.1, 0.15) is 17.2 Å². The van der Waals surface area contributed by atoms with Crippen LogP contribution in [-0.2, 0) is 7.05 Å². The summed E-state index contributed by atoms with van der Waals surface area (Å²) in [7, 11) is 5.21. The fourth-order valence-electron chi connectivity index (χ4n) is 3.90. The van der Waals surface area contributed by atoms with E-state index in [2.05, 4.69) is 5.32 Å². The van der Waals surface area contributed by atoms with E-state index < -0.39 is 0 Å². The molecule has 170 valence electrons. The van der Waals surface area contributed by atoms with Gasteiger partial charge in [0.15, 0.2) is 0 Å². The predicted molar refractivity (Wildman–Crippen MR) is 132 cm³/mol. The van der Waals surface area contributed by atoms with Crippen molar-refractivity contribution in [3.8, 4) is 22.5 Å². The molecule has 1 N–H and O–H groups in total. The minimum atomic E-state index is -0.368.